The molecule has 0 saturated heterocycles. The highest BCUT2D eigenvalue weighted by atomic mass is 16.5. The Morgan fingerprint density at radius 1 is 1.19 bits per heavy atom. The van der Waals surface area contributed by atoms with E-state index in [0.29, 0.717) is 5.92 Å². The van der Waals surface area contributed by atoms with Gasteiger partial charge in [0.2, 0.25) is 0 Å². The Hall–Kier alpha value is -1.02. The van der Waals surface area contributed by atoms with Gasteiger partial charge < -0.3 is 10.5 Å². The molecule has 0 aromatic heterocycles. The first-order valence-corrected chi connectivity index (χ1v) is 6.00. The van der Waals surface area contributed by atoms with E-state index >= 15 is 0 Å². The molecule has 0 bridgehead atoms. The standard InChI is InChI=1S/C14H21NO/c1-14(2,3)16-12-8-6-11(7-9-12)13(15)10-4-5-10/h6-10,13H,4-5,15H2,1-3H3/t13-/m1/s1. The van der Waals surface area contributed by atoms with Gasteiger partial charge in [0.05, 0.1) is 0 Å². The van der Waals surface area contributed by atoms with Crippen molar-refractivity contribution >= 4 is 0 Å². The topological polar surface area (TPSA) is 35.2 Å². The highest BCUT2D eigenvalue weighted by Gasteiger charge is 2.29. The SMILES string of the molecule is CC(C)(C)Oc1ccc([C@H](N)C2CC2)cc1. The van der Waals surface area contributed by atoms with Crippen molar-refractivity contribution in [1.29, 1.82) is 0 Å². The number of rotatable bonds is 3. The van der Waals surface area contributed by atoms with Crippen molar-refractivity contribution in [2.45, 2.75) is 45.3 Å². The summed E-state index contributed by atoms with van der Waals surface area (Å²) < 4.78 is 5.77. The highest BCUT2D eigenvalue weighted by molar-refractivity contribution is 5.30. The lowest BCUT2D eigenvalue weighted by Crippen LogP contribution is -2.23. The molecule has 1 saturated carbocycles. The van der Waals surface area contributed by atoms with Gasteiger partial charge >= 0.3 is 0 Å². The summed E-state index contributed by atoms with van der Waals surface area (Å²) in [4.78, 5) is 0. The number of nitrogens with two attached hydrogens (primary N) is 1. The third-order valence-corrected chi connectivity index (χ3v) is 2.82. The van der Waals surface area contributed by atoms with Crippen molar-refractivity contribution in [1.82, 2.24) is 0 Å². The number of hydrogen-bond donors (Lipinski definition) is 1. The second-order valence-corrected chi connectivity index (χ2v) is 5.65. The average Bonchev–Trinajstić information content (AvgIpc) is 2.98. The van der Waals surface area contributed by atoms with E-state index in [0.717, 1.165) is 5.75 Å². The molecule has 2 N–H and O–H groups in total. The maximum Gasteiger partial charge on any atom is 0.120 e. The van der Waals surface area contributed by atoms with Crippen LogP contribution in [-0.4, -0.2) is 5.60 Å². The summed E-state index contributed by atoms with van der Waals surface area (Å²) in [6.45, 7) is 6.16. The van der Waals surface area contributed by atoms with Crippen molar-refractivity contribution in [2.75, 3.05) is 0 Å². The van der Waals surface area contributed by atoms with Crippen molar-refractivity contribution in [3.05, 3.63) is 29.8 Å². The molecule has 2 rings (SSSR count). The van der Waals surface area contributed by atoms with E-state index in [1.807, 2.05) is 12.1 Å². The van der Waals surface area contributed by atoms with Crippen LogP contribution in [0.25, 0.3) is 0 Å². The van der Waals surface area contributed by atoms with Crippen LogP contribution in [0.4, 0.5) is 0 Å². The second-order valence-electron chi connectivity index (χ2n) is 5.65. The first kappa shape index (κ1) is 11.5. The lowest BCUT2D eigenvalue weighted by molar-refractivity contribution is 0.131. The van der Waals surface area contributed by atoms with E-state index < -0.39 is 0 Å². The summed E-state index contributed by atoms with van der Waals surface area (Å²) in [6, 6.07) is 8.42. The number of benzene rings is 1. The molecule has 2 heteroatoms. The van der Waals surface area contributed by atoms with Gasteiger partial charge in [0.25, 0.3) is 0 Å². The van der Waals surface area contributed by atoms with Crippen LogP contribution < -0.4 is 10.5 Å². The summed E-state index contributed by atoms with van der Waals surface area (Å²) >= 11 is 0. The Balaban J connectivity index is 2.04. The van der Waals surface area contributed by atoms with E-state index in [1.54, 1.807) is 0 Å². The Labute approximate surface area is 97.8 Å². The van der Waals surface area contributed by atoms with Crippen molar-refractivity contribution in [3.63, 3.8) is 0 Å². The monoisotopic (exact) mass is 219 g/mol. The molecular weight excluding hydrogens is 198 g/mol. The van der Waals surface area contributed by atoms with Crippen LogP contribution in [0.2, 0.25) is 0 Å². The van der Waals surface area contributed by atoms with Crippen molar-refractivity contribution < 1.29 is 4.74 Å². The molecule has 1 aliphatic rings. The molecule has 0 radical (unpaired) electrons. The molecule has 0 amide bonds. The zero-order chi connectivity index (χ0) is 11.8. The number of ether oxygens (including phenoxy) is 1. The minimum absolute atomic E-state index is 0.139. The summed E-state index contributed by atoms with van der Waals surface area (Å²) in [5.74, 6) is 1.62. The lowest BCUT2D eigenvalue weighted by atomic mass is 10.0. The largest absolute Gasteiger partial charge is 0.488 e. The minimum Gasteiger partial charge on any atom is -0.488 e. The number of hydrogen-bond acceptors (Lipinski definition) is 2. The molecule has 16 heavy (non-hydrogen) atoms. The van der Waals surface area contributed by atoms with Gasteiger partial charge in [-0.3, -0.25) is 0 Å². The normalized spacial score (nSPS) is 18.2. The quantitative estimate of drug-likeness (QED) is 0.846. The zero-order valence-corrected chi connectivity index (χ0v) is 10.4. The van der Waals surface area contributed by atoms with Crippen LogP contribution in [0.1, 0.15) is 45.2 Å². The van der Waals surface area contributed by atoms with Gasteiger partial charge in [-0.2, -0.15) is 0 Å². The van der Waals surface area contributed by atoms with Gasteiger partial charge in [-0.05, 0) is 57.2 Å². The maximum atomic E-state index is 6.14. The van der Waals surface area contributed by atoms with Crippen molar-refractivity contribution in [3.8, 4) is 5.75 Å². The minimum atomic E-state index is -0.139. The first-order valence-electron chi connectivity index (χ1n) is 6.00. The third kappa shape index (κ3) is 2.99. The predicted octanol–water partition coefficient (Wildman–Crippen LogP) is 3.27. The van der Waals surface area contributed by atoms with Crippen LogP contribution >= 0.6 is 0 Å². The Kier molecular flexibility index (Phi) is 2.94. The van der Waals surface area contributed by atoms with E-state index in [2.05, 4.69) is 32.9 Å². The molecule has 88 valence electrons. The van der Waals surface area contributed by atoms with Gasteiger partial charge in [0, 0.05) is 6.04 Å². The molecule has 2 nitrogen and oxygen atoms in total. The average molecular weight is 219 g/mol. The molecule has 1 aliphatic carbocycles. The molecule has 0 aliphatic heterocycles. The third-order valence-electron chi connectivity index (χ3n) is 2.82. The van der Waals surface area contributed by atoms with E-state index in [-0.39, 0.29) is 11.6 Å². The lowest BCUT2D eigenvalue weighted by Gasteiger charge is -2.21. The molecule has 1 aromatic rings. The Morgan fingerprint density at radius 2 is 1.75 bits per heavy atom. The van der Waals surface area contributed by atoms with Gasteiger partial charge in [0.1, 0.15) is 11.4 Å². The predicted molar refractivity (Wildman–Crippen MR) is 66.5 cm³/mol. The van der Waals surface area contributed by atoms with E-state index in [9.17, 15) is 0 Å². The fraction of sp³-hybridized carbons (Fsp3) is 0.571. The summed E-state index contributed by atoms with van der Waals surface area (Å²) in [5, 5.41) is 0. The molecule has 1 aromatic carbocycles. The van der Waals surface area contributed by atoms with Crippen molar-refractivity contribution in [2.24, 2.45) is 11.7 Å². The zero-order valence-electron chi connectivity index (χ0n) is 10.4. The fourth-order valence-corrected chi connectivity index (χ4v) is 1.84. The molecule has 1 atom stereocenters. The second kappa shape index (κ2) is 4.10. The van der Waals surface area contributed by atoms with Gasteiger partial charge in [0.15, 0.2) is 0 Å². The fourth-order valence-electron chi connectivity index (χ4n) is 1.84. The van der Waals surface area contributed by atoms with Crippen LogP contribution in [0.5, 0.6) is 5.75 Å². The van der Waals surface area contributed by atoms with E-state index in [4.69, 9.17) is 10.5 Å². The van der Waals surface area contributed by atoms with Gasteiger partial charge in [-0.15, -0.1) is 0 Å². The maximum absolute atomic E-state index is 6.14. The van der Waals surface area contributed by atoms with Gasteiger partial charge in [-0.1, -0.05) is 12.1 Å². The molecule has 0 spiro atoms. The summed E-state index contributed by atoms with van der Waals surface area (Å²) in [6.07, 6.45) is 2.56. The van der Waals surface area contributed by atoms with Crippen LogP contribution in [-0.2, 0) is 0 Å². The van der Waals surface area contributed by atoms with Crippen LogP contribution in [0.15, 0.2) is 24.3 Å². The molecule has 0 unspecified atom stereocenters. The Morgan fingerprint density at radius 3 is 2.19 bits per heavy atom. The summed E-state index contributed by atoms with van der Waals surface area (Å²) in [7, 11) is 0. The smallest absolute Gasteiger partial charge is 0.120 e. The highest BCUT2D eigenvalue weighted by Crippen LogP contribution is 2.39. The molecule has 0 heterocycles. The molecular formula is C14H21NO. The van der Waals surface area contributed by atoms with Crippen LogP contribution in [0, 0.1) is 5.92 Å². The Bertz CT molecular complexity index is 346. The summed E-state index contributed by atoms with van der Waals surface area (Å²) in [5.41, 5.74) is 7.22. The van der Waals surface area contributed by atoms with Crippen LogP contribution in [0.3, 0.4) is 0 Å². The first-order chi connectivity index (χ1) is 7.46. The molecule has 1 fully saturated rings. The van der Waals surface area contributed by atoms with E-state index in [1.165, 1.54) is 18.4 Å². The van der Waals surface area contributed by atoms with Gasteiger partial charge in [-0.25, -0.2) is 0 Å².